The molecule has 1 heterocycles. The average Bonchev–Trinajstić information content (AvgIpc) is 2.66. The Hall–Kier alpha value is -1.44. The van der Waals surface area contributed by atoms with Crippen LogP contribution in [-0.4, -0.2) is 43.3 Å². The molecule has 0 spiro atoms. The van der Waals surface area contributed by atoms with Crippen molar-refractivity contribution in [2.45, 2.75) is 76.3 Å². The zero-order valence-corrected chi connectivity index (χ0v) is 17.7. The molecule has 6 nitrogen and oxygen atoms in total. The van der Waals surface area contributed by atoms with Crippen molar-refractivity contribution in [1.29, 1.82) is 0 Å². The summed E-state index contributed by atoms with van der Waals surface area (Å²) in [5.74, 6) is -0.284. The second-order valence-corrected chi connectivity index (χ2v) is 9.58. The first-order valence-electron chi connectivity index (χ1n) is 9.84. The largest absolute Gasteiger partial charge is 0.350 e. The molecule has 2 rings (SSSR count). The van der Waals surface area contributed by atoms with E-state index in [-0.39, 0.29) is 16.8 Å². The summed E-state index contributed by atoms with van der Waals surface area (Å²) in [6, 6.07) is 4.77. The lowest BCUT2D eigenvalue weighted by Crippen LogP contribution is -2.49. The predicted octanol–water partition coefficient (Wildman–Crippen LogP) is 2.81. The van der Waals surface area contributed by atoms with Gasteiger partial charge in [-0.2, -0.15) is 4.31 Å². The molecule has 0 saturated carbocycles. The summed E-state index contributed by atoms with van der Waals surface area (Å²) in [7, 11) is -3.61. The third kappa shape index (κ3) is 4.89. The molecule has 1 aliphatic rings. The van der Waals surface area contributed by atoms with Crippen LogP contribution >= 0.6 is 0 Å². The summed E-state index contributed by atoms with van der Waals surface area (Å²) in [5, 5.41) is 2.88. The molecule has 3 N–H and O–H groups in total. The molecule has 7 heteroatoms. The van der Waals surface area contributed by atoms with Crippen molar-refractivity contribution in [2.75, 3.05) is 13.1 Å². The van der Waals surface area contributed by atoms with Crippen LogP contribution in [0.1, 0.15) is 68.8 Å². The number of hydrogen-bond acceptors (Lipinski definition) is 4. The molecule has 0 radical (unpaired) electrons. The number of benzene rings is 1. The van der Waals surface area contributed by atoms with Crippen LogP contribution in [0.5, 0.6) is 0 Å². The van der Waals surface area contributed by atoms with Crippen molar-refractivity contribution in [3.63, 3.8) is 0 Å². The summed E-state index contributed by atoms with van der Waals surface area (Å²) in [4.78, 5) is 12.9. The standard InChI is InChI=1S/C20H33N3O3S/c1-5-20(21,6-2)14-22-19(24)18-13-17(11-10-15(18)3)27(25,26)23-12-8-7-9-16(23)4/h10-11,13,16H,5-9,12,14,21H2,1-4H3,(H,22,24). The number of carbonyl (C=O) groups excluding carboxylic acids is 1. The van der Waals surface area contributed by atoms with Gasteiger partial charge in [0.05, 0.1) is 4.90 Å². The SMILES string of the molecule is CCC(N)(CC)CNC(=O)c1cc(S(=O)(=O)N2CCCCC2C)ccc1C. The third-order valence-electron chi connectivity index (χ3n) is 5.81. The van der Waals surface area contributed by atoms with Crippen LogP contribution in [0, 0.1) is 6.92 Å². The van der Waals surface area contributed by atoms with Crippen LogP contribution in [0.3, 0.4) is 0 Å². The summed E-state index contributed by atoms with van der Waals surface area (Å²) in [5.41, 5.74) is 6.94. The molecule has 0 aromatic heterocycles. The highest BCUT2D eigenvalue weighted by atomic mass is 32.2. The summed E-state index contributed by atoms with van der Waals surface area (Å²) >= 11 is 0. The first-order chi connectivity index (χ1) is 12.6. The van der Waals surface area contributed by atoms with Crippen LogP contribution in [0.25, 0.3) is 0 Å². The number of hydrogen-bond donors (Lipinski definition) is 2. The van der Waals surface area contributed by atoms with Gasteiger partial charge in [0.2, 0.25) is 10.0 Å². The van der Waals surface area contributed by atoms with Gasteiger partial charge in [0.25, 0.3) is 5.91 Å². The summed E-state index contributed by atoms with van der Waals surface area (Å²) < 4.78 is 27.7. The van der Waals surface area contributed by atoms with Crippen LogP contribution in [0.4, 0.5) is 0 Å². The van der Waals surface area contributed by atoms with Crippen molar-refractivity contribution in [1.82, 2.24) is 9.62 Å². The van der Waals surface area contributed by atoms with E-state index >= 15 is 0 Å². The predicted molar refractivity (Wildman–Crippen MR) is 108 cm³/mol. The Bertz CT molecular complexity index is 773. The van der Waals surface area contributed by atoms with Gasteiger partial charge in [-0.3, -0.25) is 4.79 Å². The van der Waals surface area contributed by atoms with Gasteiger partial charge >= 0.3 is 0 Å². The van der Waals surface area contributed by atoms with Crippen molar-refractivity contribution in [2.24, 2.45) is 5.73 Å². The number of nitrogens with zero attached hydrogens (tertiary/aromatic N) is 1. The van der Waals surface area contributed by atoms with E-state index in [0.717, 1.165) is 37.7 Å². The Morgan fingerprint density at radius 2 is 1.96 bits per heavy atom. The van der Waals surface area contributed by atoms with Gasteiger partial charge in [-0.05, 0) is 57.2 Å². The lowest BCUT2D eigenvalue weighted by atomic mass is 9.94. The number of rotatable bonds is 7. The fourth-order valence-corrected chi connectivity index (χ4v) is 5.15. The summed E-state index contributed by atoms with van der Waals surface area (Å²) in [6.07, 6.45) is 4.29. The van der Waals surface area contributed by atoms with E-state index in [1.807, 2.05) is 27.7 Å². The second-order valence-electron chi connectivity index (χ2n) is 7.69. The quantitative estimate of drug-likeness (QED) is 0.742. The van der Waals surface area contributed by atoms with Crippen molar-refractivity contribution in [3.8, 4) is 0 Å². The Morgan fingerprint density at radius 3 is 2.56 bits per heavy atom. The van der Waals surface area contributed by atoms with E-state index in [9.17, 15) is 13.2 Å². The van der Waals surface area contributed by atoms with Crippen LogP contribution in [0.15, 0.2) is 23.1 Å². The molecule has 152 valence electrons. The number of carbonyl (C=O) groups is 1. The van der Waals surface area contributed by atoms with Crippen molar-refractivity contribution in [3.05, 3.63) is 29.3 Å². The smallest absolute Gasteiger partial charge is 0.251 e. The normalized spacial score (nSPS) is 19.1. The molecule has 1 unspecified atom stereocenters. The first-order valence-corrected chi connectivity index (χ1v) is 11.3. The minimum atomic E-state index is -3.61. The number of piperidine rings is 1. The Morgan fingerprint density at radius 1 is 1.30 bits per heavy atom. The zero-order valence-electron chi connectivity index (χ0n) is 16.9. The molecular weight excluding hydrogens is 362 g/mol. The van der Waals surface area contributed by atoms with Gasteiger partial charge in [0.1, 0.15) is 0 Å². The van der Waals surface area contributed by atoms with Crippen LogP contribution < -0.4 is 11.1 Å². The van der Waals surface area contributed by atoms with Gasteiger partial charge in [0.15, 0.2) is 0 Å². The molecule has 1 saturated heterocycles. The maximum Gasteiger partial charge on any atom is 0.251 e. The van der Waals surface area contributed by atoms with E-state index in [0.29, 0.717) is 18.7 Å². The maximum atomic E-state index is 13.1. The van der Waals surface area contributed by atoms with E-state index < -0.39 is 15.6 Å². The number of nitrogens with two attached hydrogens (primary N) is 1. The van der Waals surface area contributed by atoms with Crippen LogP contribution in [-0.2, 0) is 10.0 Å². The minimum absolute atomic E-state index is 0.0192. The van der Waals surface area contributed by atoms with Gasteiger partial charge in [-0.1, -0.05) is 26.3 Å². The molecule has 1 amide bonds. The maximum absolute atomic E-state index is 13.1. The van der Waals surface area contributed by atoms with Crippen molar-refractivity contribution >= 4 is 15.9 Å². The van der Waals surface area contributed by atoms with Crippen molar-refractivity contribution < 1.29 is 13.2 Å². The lowest BCUT2D eigenvalue weighted by Gasteiger charge is -2.32. The number of aryl methyl sites for hydroxylation is 1. The molecule has 1 aromatic carbocycles. The van der Waals surface area contributed by atoms with Crippen LogP contribution in [0.2, 0.25) is 0 Å². The molecular formula is C20H33N3O3S. The monoisotopic (exact) mass is 395 g/mol. The molecule has 1 atom stereocenters. The Kier molecular flexibility index (Phi) is 7.05. The summed E-state index contributed by atoms with van der Waals surface area (Å²) in [6.45, 7) is 8.63. The number of amides is 1. The van der Waals surface area contributed by atoms with E-state index in [1.54, 1.807) is 16.4 Å². The van der Waals surface area contributed by atoms with Gasteiger partial charge in [-0.15, -0.1) is 0 Å². The van der Waals surface area contributed by atoms with Gasteiger partial charge in [0, 0.05) is 30.2 Å². The Labute approximate surface area is 163 Å². The highest BCUT2D eigenvalue weighted by Gasteiger charge is 2.31. The molecule has 1 aliphatic heterocycles. The molecule has 1 aromatic rings. The fraction of sp³-hybridized carbons (Fsp3) is 0.650. The lowest BCUT2D eigenvalue weighted by molar-refractivity contribution is 0.0941. The molecule has 27 heavy (non-hydrogen) atoms. The fourth-order valence-electron chi connectivity index (χ4n) is 3.42. The van der Waals surface area contributed by atoms with E-state index in [2.05, 4.69) is 5.32 Å². The minimum Gasteiger partial charge on any atom is -0.350 e. The Balaban J connectivity index is 2.26. The second kappa shape index (κ2) is 8.71. The average molecular weight is 396 g/mol. The molecule has 0 aliphatic carbocycles. The van der Waals surface area contributed by atoms with E-state index in [4.69, 9.17) is 5.73 Å². The zero-order chi connectivity index (χ0) is 20.2. The highest BCUT2D eigenvalue weighted by molar-refractivity contribution is 7.89. The number of sulfonamides is 1. The first kappa shape index (κ1) is 21.9. The highest BCUT2D eigenvalue weighted by Crippen LogP contribution is 2.26. The van der Waals surface area contributed by atoms with Gasteiger partial charge < -0.3 is 11.1 Å². The molecule has 0 bridgehead atoms. The van der Waals surface area contributed by atoms with E-state index in [1.165, 1.54) is 6.07 Å². The number of nitrogens with one attached hydrogen (secondary N) is 1. The topological polar surface area (TPSA) is 92.5 Å². The molecule has 1 fully saturated rings. The van der Waals surface area contributed by atoms with Gasteiger partial charge in [-0.25, -0.2) is 8.42 Å². The third-order valence-corrected chi connectivity index (χ3v) is 7.82.